The van der Waals surface area contributed by atoms with Crippen LogP contribution >= 0.6 is 11.3 Å². The van der Waals surface area contributed by atoms with Gasteiger partial charge >= 0.3 is 0 Å². The van der Waals surface area contributed by atoms with Crippen LogP contribution in [0, 0.1) is 5.92 Å². The zero-order valence-electron chi connectivity index (χ0n) is 19.6. The Balaban J connectivity index is 1.34. The predicted octanol–water partition coefficient (Wildman–Crippen LogP) is 3.51. The molecule has 1 amide bonds. The van der Waals surface area contributed by atoms with Gasteiger partial charge in [0.05, 0.1) is 18.7 Å². The molecule has 5 rings (SSSR count). The van der Waals surface area contributed by atoms with Gasteiger partial charge in [0.1, 0.15) is 9.96 Å². The van der Waals surface area contributed by atoms with E-state index in [-0.39, 0.29) is 18.4 Å². The van der Waals surface area contributed by atoms with E-state index < -0.39 is 15.9 Å². The number of hydrogen-bond acceptors (Lipinski definition) is 6. The zero-order valence-corrected chi connectivity index (χ0v) is 21.2. The van der Waals surface area contributed by atoms with E-state index in [2.05, 4.69) is 4.90 Å². The third-order valence-corrected chi connectivity index (χ3v) is 10.1. The van der Waals surface area contributed by atoms with Crippen molar-refractivity contribution >= 4 is 33.0 Å². The molecule has 0 spiro atoms. The van der Waals surface area contributed by atoms with Crippen molar-refractivity contribution in [3.05, 3.63) is 77.7 Å². The molecule has 2 saturated heterocycles. The van der Waals surface area contributed by atoms with Gasteiger partial charge in [-0.05, 0) is 29.1 Å². The summed E-state index contributed by atoms with van der Waals surface area (Å²) in [5, 5.41) is 1.77. The lowest BCUT2D eigenvalue weighted by molar-refractivity contribution is -0.135. The Labute approximate surface area is 210 Å². The molecule has 2 atom stereocenters. The Bertz CT molecular complexity index is 1260. The molecule has 2 aliphatic rings. The van der Waals surface area contributed by atoms with Crippen LogP contribution in [0.3, 0.4) is 0 Å². The van der Waals surface area contributed by atoms with Crippen LogP contribution < -0.4 is 9.64 Å². The van der Waals surface area contributed by atoms with Crippen LogP contribution in [0.4, 0.5) is 5.69 Å². The van der Waals surface area contributed by atoms with E-state index in [0.29, 0.717) is 36.9 Å². The fourth-order valence-corrected chi connectivity index (χ4v) is 7.72. The number of para-hydroxylation sites is 2. The number of nitrogens with zero attached hydrogens (tertiary/aromatic N) is 3. The van der Waals surface area contributed by atoms with Gasteiger partial charge in [0.25, 0.3) is 10.0 Å². The smallest absolute Gasteiger partial charge is 0.252 e. The maximum absolute atomic E-state index is 13.8. The topological polar surface area (TPSA) is 70.2 Å². The molecule has 9 heteroatoms. The van der Waals surface area contributed by atoms with Gasteiger partial charge in [-0.2, -0.15) is 4.31 Å². The average molecular weight is 512 g/mol. The molecule has 1 aromatic heterocycles. The van der Waals surface area contributed by atoms with Gasteiger partial charge in [-0.25, -0.2) is 8.42 Å². The lowest BCUT2D eigenvalue weighted by Gasteiger charge is -2.38. The van der Waals surface area contributed by atoms with E-state index in [0.717, 1.165) is 17.0 Å². The molecule has 2 unspecified atom stereocenters. The first kappa shape index (κ1) is 23.8. The molecule has 184 valence electrons. The summed E-state index contributed by atoms with van der Waals surface area (Å²) >= 11 is 1.21. The van der Waals surface area contributed by atoms with Gasteiger partial charge in [0, 0.05) is 45.2 Å². The highest BCUT2D eigenvalue weighted by Gasteiger charge is 2.45. The molecule has 0 saturated carbocycles. The second-order valence-corrected chi connectivity index (χ2v) is 12.0. The van der Waals surface area contributed by atoms with Crippen LogP contribution in [0.2, 0.25) is 0 Å². The maximum atomic E-state index is 13.8. The molecule has 0 radical (unpaired) electrons. The van der Waals surface area contributed by atoms with Crippen molar-refractivity contribution in [2.75, 3.05) is 51.3 Å². The van der Waals surface area contributed by atoms with Crippen LogP contribution in [-0.4, -0.2) is 69.9 Å². The number of hydrogen-bond donors (Lipinski definition) is 0. The van der Waals surface area contributed by atoms with Crippen LogP contribution in [0.15, 0.2) is 76.3 Å². The van der Waals surface area contributed by atoms with Crippen molar-refractivity contribution in [3.63, 3.8) is 0 Å². The van der Waals surface area contributed by atoms with Crippen molar-refractivity contribution in [1.29, 1.82) is 0 Å². The molecule has 2 aromatic carbocycles. The van der Waals surface area contributed by atoms with Crippen molar-refractivity contribution in [2.24, 2.45) is 5.92 Å². The van der Waals surface area contributed by atoms with Crippen molar-refractivity contribution in [2.45, 2.75) is 10.1 Å². The molecule has 7 nitrogen and oxygen atoms in total. The van der Waals surface area contributed by atoms with Crippen molar-refractivity contribution in [3.8, 4) is 5.75 Å². The Morgan fingerprint density at radius 1 is 0.914 bits per heavy atom. The third-order valence-electron chi connectivity index (χ3n) is 6.94. The summed E-state index contributed by atoms with van der Waals surface area (Å²) in [6.45, 7) is 3.09. The lowest BCUT2D eigenvalue weighted by atomic mass is 9.88. The molecule has 35 heavy (non-hydrogen) atoms. The zero-order chi connectivity index (χ0) is 24.4. The second-order valence-electron chi connectivity index (χ2n) is 8.86. The van der Waals surface area contributed by atoms with E-state index >= 15 is 0 Å². The van der Waals surface area contributed by atoms with Gasteiger partial charge in [-0.1, -0.05) is 48.5 Å². The predicted molar refractivity (Wildman–Crippen MR) is 138 cm³/mol. The van der Waals surface area contributed by atoms with Gasteiger partial charge < -0.3 is 14.5 Å². The third kappa shape index (κ3) is 4.68. The standard InChI is InChI=1S/C26H29N3O4S2/c1-33-24-11-6-5-10-23(24)27-13-15-28(16-14-27)26(30)22-19-29(35(31,32)25-12-7-17-34-25)18-21(22)20-8-3-2-4-9-20/h2-12,17,21-22H,13-16,18-19H2,1H3. The Morgan fingerprint density at radius 2 is 1.63 bits per heavy atom. The summed E-state index contributed by atoms with van der Waals surface area (Å²) in [6.07, 6.45) is 0. The van der Waals surface area contributed by atoms with Gasteiger partial charge in [0.2, 0.25) is 5.91 Å². The highest BCUT2D eigenvalue weighted by atomic mass is 32.2. The number of anilines is 1. The minimum atomic E-state index is -3.63. The minimum absolute atomic E-state index is 0.0300. The van der Waals surface area contributed by atoms with Gasteiger partial charge in [-0.3, -0.25) is 4.79 Å². The number of benzene rings is 2. The number of carbonyl (C=O) groups is 1. The van der Waals surface area contributed by atoms with Gasteiger partial charge in [-0.15, -0.1) is 11.3 Å². The summed E-state index contributed by atoms with van der Waals surface area (Å²) in [5.74, 6) is 0.264. The number of rotatable bonds is 6. The number of amides is 1. The van der Waals surface area contributed by atoms with Crippen LogP contribution in [0.1, 0.15) is 11.5 Å². The van der Waals surface area contributed by atoms with Crippen LogP contribution in [-0.2, 0) is 14.8 Å². The normalized spacial score (nSPS) is 21.3. The minimum Gasteiger partial charge on any atom is -0.495 e. The van der Waals surface area contributed by atoms with Gasteiger partial charge in [0.15, 0.2) is 0 Å². The summed E-state index contributed by atoms with van der Waals surface area (Å²) in [7, 11) is -1.96. The van der Waals surface area contributed by atoms with E-state index in [1.165, 1.54) is 15.6 Å². The highest BCUT2D eigenvalue weighted by Crippen LogP contribution is 2.38. The Kier molecular flexibility index (Phi) is 6.82. The molecule has 2 fully saturated rings. The molecule has 3 aromatic rings. The first-order chi connectivity index (χ1) is 17.0. The number of sulfonamides is 1. The fourth-order valence-electron chi connectivity index (χ4n) is 5.08. The molecular weight excluding hydrogens is 482 g/mol. The van der Waals surface area contributed by atoms with E-state index in [1.807, 2.05) is 59.5 Å². The summed E-state index contributed by atoms with van der Waals surface area (Å²) < 4.78 is 33.9. The SMILES string of the molecule is COc1ccccc1N1CCN(C(=O)C2CN(S(=O)(=O)c3cccs3)CC2c2ccccc2)CC1. The number of thiophene rings is 1. The van der Waals surface area contributed by atoms with Crippen molar-refractivity contribution < 1.29 is 17.9 Å². The largest absolute Gasteiger partial charge is 0.495 e. The van der Waals surface area contributed by atoms with E-state index in [4.69, 9.17) is 4.74 Å². The summed E-state index contributed by atoms with van der Waals surface area (Å²) in [5.41, 5.74) is 2.03. The number of ether oxygens (including phenoxy) is 1. The summed E-state index contributed by atoms with van der Waals surface area (Å²) in [4.78, 5) is 17.9. The average Bonchev–Trinajstić information content (AvgIpc) is 3.61. The lowest BCUT2D eigenvalue weighted by Crippen LogP contribution is -2.51. The molecule has 0 bridgehead atoms. The van der Waals surface area contributed by atoms with Crippen LogP contribution in [0.5, 0.6) is 5.75 Å². The number of piperazine rings is 1. The quantitative estimate of drug-likeness (QED) is 0.507. The molecule has 0 N–H and O–H groups in total. The molecule has 2 aliphatic heterocycles. The van der Waals surface area contributed by atoms with E-state index in [9.17, 15) is 13.2 Å². The molecule has 0 aliphatic carbocycles. The maximum Gasteiger partial charge on any atom is 0.252 e. The monoisotopic (exact) mass is 511 g/mol. The Morgan fingerprint density at radius 3 is 2.31 bits per heavy atom. The molecule has 3 heterocycles. The van der Waals surface area contributed by atoms with Crippen molar-refractivity contribution in [1.82, 2.24) is 9.21 Å². The highest BCUT2D eigenvalue weighted by molar-refractivity contribution is 7.91. The fraction of sp³-hybridized carbons (Fsp3) is 0.346. The molecular formula is C26H29N3O4S2. The van der Waals surface area contributed by atoms with E-state index in [1.54, 1.807) is 24.6 Å². The summed E-state index contributed by atoms with van der Waals surface area (Å²) in [6, 6.07) is 21.1. The number of carbonyl (C=O) groups excluding carboxylic acids is 1. The number of methoxy groups -OCH3 is 1. The van der Waals surface area contributed by atoms with Crippen LogP contribution in [0.25, 0.3) is 0 Å². The first-order valence-corrected chi connectivity index (χ1v) is 14.1. The Hall–Kier alpha value is -2.88. The first-order valence-electron chi connectivity index (χ1n) is 11.7. The second kappa shape index (κ2) is 10.0.